The van der Waals surface area contributed by atoms with Crippen LogP contribution in [0.15, 0.2) is 0 Å². The molecule has 0 unspecified atom stereocenters. The van der Waals surface area contributed by atoms with Crippen LogP contribution in [-0.4, -0.2) is 66.8 Å². The van der Waals surface area contributed by atoms with E-state index >= 15 is 0 Å². The molecule has 22 heavy (non-hydrogen) atoms. The van der Waals surface area contributed by atoms with E-state index in [9.17, 15) is 13.5 Å². The van der Waals surface area contributed by atoms with Gasteiger partial charge in [-0.1, -0.05) is 26.2 Å². The van der Waals surface area contributed by atoms with Crippen LogP contribution in [0.2, 0.25) is 0 Å². The highest BCUT2D eigenvalue weighted by molar-refractivity contribution is 7.89. The topological polar surface area (TPSA) is 60.9 Å². The molecule has 2 aliphatic rings. The summed E-state index contributed by atoms with van der Waals surface area (Å²) in [6, 6.07) is 0.226. The summed E-state index contributed by atoms with van der Waals surface area (Å²) in [6.07, 6.45) is 6.31. The lowest BCUT2D eigenvalue weighted by Gasteiger charge is -2.41. The van der Waals surface area contributed by atoms with Crippen LogP contribution >= 0.6 is 0 Å². The van der Waals surface area contributed by atoms with Crippen molar-refractivity contribution >= 4 is 10.0 Å². The van der Waals surface area contributed by atoms with Gasteiger partial charge in [-0.3, -0.25) is 4.90 Å². The molecule has 6 heteroatoms. The molecule has 0 aromatic carbocycles. The van der Waals surface area contributed by atoms with E-state index in [0.717, 1.165) is 25.8 Å². The van der Waals surface area contributed by atoms with Gasteiger partial charge < -0.3 is 5.11 Å². The van der Waals surface area contributed by atoms with Gasteiger partial charge in [-0.05, 0) is 32.1 Å². The maximum absolute atomic E-state index is 12.7. The third kappa shape index (κ3) is 4.91. The molecule has 0 radical (unpaired) electrons. The van der Waals surface area contributed by atoms with Gasteiger partial charge in [-0.2, -0.15) is 4.31 Å². The molecule has 1 aliphatic heterocycles. The summed E-state index contributed by atoms with van der Waals surface area (Å²) < 4.78 is 27.1. The first-order valence-electron chi connectivity index (χ1n) is 8.82. The smallest absolute Gasteiger partial charge is 0.214 e. The average Bonchev–Trinajstić information content (AvgIpc) is 2.47. The summed E-state index contributed by atoms with van der Waals surface area (Å²) in [5.41, 5.74) is 0. The molecule has 5 nitrogen and oxygen atoms in total. The van der Waals surface area contributed by atoms with Crippen molar-refractivity contribution < 1.29 is 13.5 Å². The number of hydrogen-bond donors (Lipinski definition) is 1. The molecule has 0 aromatic heterocycles. The van der Waals surface area contributed by atoms with Gasteiger partial charge in [0.05, 0.1) is 11.9 Å². The molecular weight excluding hydrogens is 300 g/mol. The van der Waals surface area contributed by atoms with Gasteiger partial charge in [0.25, 0.3) is 0 Å². The lowest BCUT2D eigenvalue weighted by molar-refractivity contribution is 0.0612. The Morgan fingerprint density at radius 3 is 2.45 bits per heavy atom. The zero-order chi connectivity index (χ0) is 16.2. The van der Waals surface area contributed by atoms with Crippen LogP contribution < -0.4 is 0 Å². The highest BCUT2D eigenvalue weighted by Gasteiger charge is 2.34. The van der Waals surface area contributed by atoms with E-state index in [0.29, 0.717) is 31.3 Å². The molecule has 0 aromatic rings. The van der Waals surface area contributed by atoms with Crippen molar-refractivity contribution in [1.29, 1.82) is 0 Å². The zero-order valence-corrected chi connectivity index (χ0v) is 14.9. The van der Waals surface area contributed by atoms with Crippen molar-refractivity contribution in [3.63, 3.8) is 0 Å². The van der Waals surface area contributed by atoms with Crippen LogP contribution in [0.3, 0.4) is 0 Å². The van der Waals surface area contributed by atoms with Gasteiger partial charge in [0, 0.05) is 32.2 Å². The molecule has 0 spiro atoms. The number of nitrogens with zero attached hydrogens (tertiary/aromatic N) is 2. The lowest BCUT2D eigenvalue weighted by atomic mass is 9.91. The molecule has 0 amide bonds. The first-order valence-corrected chi connectivity index (χ1v) is 10.4. The average molecular weight is 333 g/mol. The van der Waals surface area contributed by atoms with Crippen molar-refractivity contribution in [1.82, 2.24) is 9.21 Å². The number of rotatable bonds is 6. The number of piperazine rings is 1. The summed E-state index contributed by atoms with van der Waals surface area (Å²) in [6.45, 7) is 6.40. The molecule has 1 saturated carbocycles. The van der Waals surface area contributed by atoms with Gasteiger partial charge in [0.15, 0.2) is 0 Å². The van der Waals surface area contributed by atoms with Gasteiger partial charge in [0.1, 0.15) is 0 Å². The Kier molecular flexibility index (Phi) is 6.68. The maximum Gasteiger partial charge on any atom is 0.214 e. The molecule has 1 heterocycles. The van der Waals surface area contributed by atoms with Gasteiger partial charge in [-0.15, -0.1) is 0 Å². The Bertz CT molecular complexity index is 433. The monoisotopic (exact) mass is 332 g/mol. The van der Waals surface area contributed by atoms with Gasteiger partial charge in [0.2, 0.25) is 10.0 Å². The van der Waals surface area contributed by atoms with E-state index in [1.54, 1.807) is 11.2 Å². The predicted octanol–water partition coefficient (Wildman–Crippen LogP) is 1.67. The minimum absolute atomic E-state index is 0.226. The van der Waals surface area contributed by atoms with Crippen LogP contribution in [0.25, 0.3) is 0 Å². The summed E-state index contributed by atoms with van der Waals surface area (Å²) in [7, 11) is -3.13. The van der Waals surface area contributed by atoms with Gasteiger partial charge >= 0.3 is 0 Å². The quantitative estimate of drug-likeness (QED) is 0.804. The van der Waals surface area contributed by atoms with E-state index in [-0.39, 0.29) is 12.1 Å². The third-order valence-corrected chi connectivity index (χ3v) is 7.11. The first kappa shape index (κ1) is 18.2. The Labute approximate surface area is 135 Å². The summed E-state index contributed by atoms with van der Waals surface area (Å²) in [5, 5.41) is 9.59. The minimum atomic E-state index is -3.13. The predicted molar refractivity (Wildman–Crippen MR) is 89.3 cm³/mol. The van der Waals surface area contributed by atoms with E-state index in [4.69, 9.17) is 0 Å². The molecular formula is C16H32N2O3S. The van der Waals surface area contributed by atoms with E-state index in [1.807, 2.05) is 0 Å². The third-order valence-electron chi connectivity index (χ3n) is 5.10. The number of β-amino-alcohol motifs (C(OH)–C–C–N with tert-alkyl or cyclic N) is 1. The second-order valence-corrected chi connectivity index (χ2v) is 9.06. The van der Waals surface area contributed by atoms with Crippen LogP contribution in [0, 0.1) is 5.92 Å². The molecule has 130 valence electrons. The first-order chi connectivity index (χ1) is 10.4. The Hall–Kier alpha value is -0.170. The molecule has 2 atom stereocenters. The fourth-order valence-electron chi connectivity index (χ4n) is 3.84. The Balaban J connectivity index is 1.94. The molecule has 1 saturated heterocycles. The zero-order valence-electron chi connectivity index (χ0n) is 14.1. The maximum atomic E-state index is 12.7. The van der Waals surface area contributed by atoms with Crippen molar-refractivity contribution in [2.45, 2.75) is 64.5 Å². The summed E-state index contributed by atoms with van der Waals surface area (Å²) in [4.78, 5) is 2.23. The van der Waals surface area contributed by atoms with Gasteiger partial charge in [-0.25, -0.2) is 8.42 Å². The second kappa shape index (κ2) is 8.08. The highest BCUT2D eigenvalue weighted by Crippen LogP contribution is 2.26. The fourth-order valence-corrected chi connectivity index (χ4v) is 5.74. The number of aliphatic hydroxyl groups excluding tert-OH is 1. The van der Waals surface area contributed by atoms with Crippen LogP contribution in [0.1, 0.15) is 52.4 Å². The van der Waals surface area contributed by atoms with Crippen LogP contribution in [-0.2, 0) is 10.0 Å². The number of aliphatic hydroxyl groups is 1. The molecule has 2 fully saturated rings. The fraction of sp³-hybridized carbons (Fsp3) is 1.00. The van der Waals surface area contributed by atoms with Crippen LogP contribution in [0.5, 0.6) is 0 Å². The minimum Gasteiger partial charge on any atom is -0.392 e. The van der Waals surface area contributed by atoms with E-state index < -0.39 is 10.0 Å². The van der Waals surface area contributed by atoms with Crippen molar-refractivity contribution in [3.8, 4) is 0 Å². The molecule has 2 rings (SSSR count). The molecule has 1 N–H and O–H groups in total. The SMILES string of the molecule is CC[C@H]1CN(S(=O)(=O)CC2CCCCC2)CCN1C[C@H](C)O. The highest BCUT2D eigenvalue weighted by atomic mass is 32.2. The van der Waals surface area contributed by atoms with Crippen molar-refractivity contribution in [2.75, 3.05) is 31.9 Å². The number of sulfonamides is 1. The lowest BCUT2D eigenvalue weighted by Crippen LogP contribution is -2.56. The van der Waals surface area contributed by atoms with Crippen molar-refractivity contribution in [3.05, 3.63) is 0 Å². The van der Waals surface area contributed by atoms with E-state index in [2.05, 4.69) is 11.8 Å². The largest absolute Gasteiger partial charge is 0.392 e. The van der Waals surface area contributed by atoms with Crippen LogP contribution in [0.4, 0.5) is 0 Å². The Morgan fingerprint density at radius 1 is 1.18 bits per heavy atom. The van der Waals surface area contributed by atoms with Crippen molar-refractivity contribution in [2.24, 2.45) is 5.92 Å². The molecule has 1 aliphatic carbocycles. The van der Waals surface area contributed by atoms with E-state index in [1.165, 1.54) is 19.3 Å². The number of hydrogen-bond acceptors (Lipinski definition) is 4. The Morgan fingerprint density at radius 2 is 1.86 bits per heavy atom. The summed E-state index contributed by atoms with van der Waals surface area (Å²) >= 11 is 0. The standard InChI is InChI=1S/C16H32N2O3S/c1-3-16-12-18(10-9-17(16)11-14(2)19)22(20,21)13-15-7-5-4-6-8-15/h14-16,19H,3-13H2,1-2H3/t14-,16-/m0/s1. The molecule has 0 bridgehead atoms. The normalized spacial score (nSPS) is 27.9. The summed E-state index contributed by atoms with van der Waals surface area (Å²) in [5.74, 6) is 0.689. The second-order valence-electron chi connectivity index (χ2n) is 7.05.